The molecule has 2 saturated carbocycles. The molecule has 2 N–H and O–H groups in total. The fourth-order valence-electron chi connectivity index (χ4n) is 3.97. The lowest BCUT2D eigenvalue weighted by Crippen LogP contribution is -2.36. The Kier molecular flexibility index (Phi) is 3.87. The van der Waals surface area contributed by atoms with Crippen LogP contribution in [0.2, 0.25) is 0 Å². The first-order valence-electron chi connectivity index (χ1n) is 7.91. The molecule has 0 spiro atoms. The maximum Gasteiger partial charge on any atom is 0.133 e. The third-order valence-electron chi connectivity index (χ3n) is 5.25. The number of hydrogen-bond acceptors (Lipinski definition) is 3. The second-order valence-electron chi connectivity index (χ2n) is 6.53. The maximum absolute atomic E-state index is 6.10. The summed E-state index contributed by atoms with van der Waals surface area (Å²) in [7, 11) is 0. The lowest BCUT2D eigenvalue weighted by atomic mass is 9.71. The van der Waals surface area contributed by atoms with E-state index in [1.807, 2.05) is 6.33 Å². The average Bonchev–Trinajstić information content (AvgIpc) is 3.10. The minimum atomic E-state index is 0.293. The van der Waals surface area contributed by atoms with E-state index in [9.17, 15) is 0 Å². The zero-order valence-corrected chi connectivity index (χ0v) is 11.9. The van der Waals surface area contributed by atoms with Crippen molar-refractivity contribution in [3.05, 3.63) is 12.2 Å². The van der Waals surface area contributed by atoms with Gasteiger partial charge in [-0.1, -0.05) is 32.1 Å². The molecule has 0 radical (unpaired) electrons. The molecule has 1 aromatic rings. The van der Waals surface area contributed by atoms with E-state index < -0.39 is 0 Å². The van der Waals surface area contributed by atoms with E-state index in [0.29, 0.717) is 11.5 Å². The van der Waals surface area contributed by atoms with Crippen LogP contribution >= 0.6 is 0 Å². The van der Waals surface area contributed by atoms with Crippen LogP contribution in [-0.4, -0.2) is 21.3 Å². The molecule has 0 amide bonds. The third kappa shape index (κ3) is 2.69. The van der Waals surface area contributed by atoms with Crippen LogP contribution in [-0.2, 0) is 6.42 Å². The first-order valence-corrected chi connectivity index (χ1v) is 7.91. The highest BCUT2D eigenvalue weighted by Gasteiger charge is 2.33. The summed E-state index contributed by atoms with van der Waals surface area (Å²) in [6.45, 7) is 0.796. The molecular formula is C15H26N4. The van der Waals surface area contributed by atoms with E-state index in [0.717, 1.165) is 13.0 Å². The van der Waals surface area contributed by atoms with Crippen molar-refractivity contribution >= 4 is 0 Å². The Morgan fingerprint density at radius 3 is 2.58 bits per heavy atom. The molecule has 2 aliphatic rings. The summed E-state index contributed by atoms with van der Waals surface area (Å²) < 4.78 is 2.35. The highest BCUT2D eigenvalue weighted by Crippen LogP contribution is 2.39. The summed E-state index contributed by atoms with van der Waals surface area (Å²) in [6, 6.07) is 0.642. The molecule has 106 valence electrons. The van der Waals surface area contributed by atoms with Gasteiger partial charge < -0.3 is 10.3 Å². The summed E-state index contributed by atoms with van der Waals surface area (Å²) in [5.41, 5.74) is 6.39. The first-order chi connectivity index (χ1) is 9.33. The van der Waals surface area contributed by atoms with Gasteiger partial charge in [0, 0.05) is 12.5 Å². The predicted molar refractivity (Wildman–Crippen MR) is 75.8 cm³/mol. The standard InChI is InChI=1S/C15H26N4/c16-11-15(8-4-1-5-9-15)10-14-18-17-12-19(14)13-6-2-3-7-13/h12-13H,1-11,16H2. The van der Waals surface area contributed by atoms with E-state index in [4.69, 9.17) is 5.73 Å². The predicted octanol–water partition coefficient (Wildman–Crippen LogP) is 2.84. The van der Waals surface area contributed by atoms with Gasteiger partial charge >= 0.3 is 0 Å². The van der Waals surface area contributed by atoms with Crippen LogP contribution in [0.4, 0.5) is 0 Å². The lowest BCUT2D eigenvalue weighted by molar-refractivity contribution is 0.190. The first kappa shape index (κ1) is 13.1. The Balaban J connectivity index is 1.76. The zero-order chi connectivity index (χ0) is 13.1. The Morgan fingerprint density at radius 2 is 1.89 bits per heavy atom. The molecule has 2 fully saturated rings. The van der Waals surface area contributed by atoms with Crippen LogP contribution in [0.1, 0.15) is 69.7 Å². The molecule has 2 aliphatic carbocycles. The quantitative estimate of drug-likeness (QED) is 0.907. The third-order valence-corrected chi connectivity index (χ3v) is 5.25. The van der Waals surface area contributed by atoms with Crippen LogP contribution in [0.5, 0.6) is 0 Å². The maximum atomic E-state index is 6.10. The number of rotatable bonds is 4. The molecular weight excluding hydrogens is 236 g/mol. The number of nitrogens with two attached hydrogens (primary N) is 1. The molecule has 0 bridgehead atoms. The topological polar surface area (TPSA) is 56.7 Å². The van der Waals surface area contributed by atoms with Crippen LogP contribution in [0, 0.1) is 5.41 Å². The van der Waals surface area contributed by atoms with Crippen molar-refractivity contribution in [2.24, 2.45) is 11.1 Å². The van der Waals surface area contributed by atoms with Gasteiger partial charge in [0.15, 0.2) is 0 Å². The molecule has 19 heavy (non-hydrogen) atoms. The van der Waals surface area contributed by atoms with E-state index in [1.165, 1.54) is 63.6 Å². The molecule has 1 aromatic heterocycles. The van der Waals surface area contributed by atoms with Crippen LogP contribution in [0.25, 0.3) is 0 Å². The fraction of sp³-hybridized carbons (Fsp3) is 0.867. The molecule has 0 aliphatic heterocycles. The van der Waals surface area contributed by atoms with E-state index in [2.05, 4.69) is 14.8 Å². The van der Waals surface area contributed by atoms with Gasteiger partial charge in [-0.25, -0.2) is 0 Å². The van der Waals surface area contributed by atoms with Crippen molar-refractivity contribution in [3.63, 3.8) is 0 Å². The van der Waals surface area contributed by atoms with Crippen molar-refractivity contribution < 1.29 is 0 Å². The van der Waals surface area contributed by atoms with Crippen molar-refractivity contribution in [2.45, 2.75) is 70.3 Å². The van der Waals surface area contributed by atoms with Crippen LogP contribution in [0.3, 0.4) is 0 Å². The number of hydrogen-bond donors (Lipinski definition) is 1. The molecule has 4 nitrogen and oxygen atoms in total. The van der Waals surface area contributed by atoms with E-state index in [1.54, 1.807) is 0 Å². The van der Waals surface area contributed by atoms with Gasteiger partial charge in [0.05, 0.1) is 0 Å². The minimum Gasteiger partial charge on any atom is -0.330 e. The van der Waals surface area contributed by atoms with E-state index in [-0.39, 0.29) is 0 Å². The molecule has 0 atom stereocenters. The summed E-state index contributed by atoms with van der Waals surface area (Å²) in [6.07, 6.45) is 14.8. The van der Waals surface area contributed by atoms with Crippen LogP contribution < -0.4 is 5.73 Å². The lowest BCUT2D eigenvalue weighted by Gasteiger charge is -2.36. The van der Waals surface area contributed by atoms with Gasteiger partial charge in [0.1, 0.15) is 12.2 Å². The Labute approximate surface area is 115 Å². The fourth-order valence-corrected chi connectivity index (χ4v) is 3.97. The number of nitrogens with zero attached hydrogens (tertiary/aromatic N) is 3. The SMILES string of the molecule is NCC1(Cc2nncn2C2CCCC2)CCCCC1. The average molecular weight is 262 g/mol. The molecule has 0 unspecified atom stereocenters. The van der Waals surface area contributed by atoms with Crippen molar-refractivity contribution in [1.29, 1.82) is 0 Å². The second-order valence-corrected chi connectivity index (χ2v) is 6.53. The summed E-state index contributed by atoms with van der Waals surface area (Å²) in [4.78, 5) is 0. The van der Waals surface area contributed by atoms with Gasteiger partial charge in [0.25, 0.3) is 0 Å². The molecule has 4 heteroatoms. The normalized spacial score (nSPS) is 23.8. The minimum absolute atomic E-state index is 0.293. The summed E-state index contributed by atoms with van der Waals surface area (Å²) >= 11 is 0. The van der Waals surface area contributed by atoms with Gasteiger partial charge in [-0.2, -0.15) is 0 Å². The van der Waals surface area contributed by atoms with Crippen molar-refractivity contribution in [2.75, 3.05) is 6.54 Å². The van der Waals surface area contributed by atoms with E-state index >= 15 is 0 Å². The second kappa shape index (κ2) is 5.61. The summed E-state index contributed by atoms with van der Waals surface area (Å²) in [5, 5.41) is 8.58. The smallest absolute Gasteiger partial charge is 0.133 e. The van der Waals surface area contributed by atoms with Crippen molar-refractivity contribution in [1.82, 2.24) is 14.8 Å². The van der Waals surface area contributed by atoms with Gasteiger partial charge in [-0.3, -0.25) is 0 Å². The van der Waals surface area contributed by atoms with Gasteiger partial charge in [-0.05, 0) is 37.6 Å². The Hall–Kier alpha value is -0.900. The monoisotopic (exact) mass is 262 g/mol. The van der Waals surface area contributed by atoms with Crippen molar-refractivity contribution in [3.8, 4) is 0 Å². The molecule has 1 heterocycles. The highest BCUT2D eigenvalue weighted by molar-refractivity contribution is 4.99. The molecule has 0 saturated heterocycles. The summed E-state index contributed by atoms with van der Waals surface area (Å²) in [5.74, 6) is 1.18. The zero-order valence-electron chi connectivity index (χ0n) is 11.9. The highest BCUT2D eigenvalue weighted by atomic mass is 15.3. The van der Waals surface area contributed by atoms with Crippen LogP contribution in [0.15, 0.2) is 6.33 Å². The molecule has 0 aromatic carbocycles. The van der Waals surface area contributed by atoms with Gasteiger partial charge in [0.2, 0.25) is 0 Å². The number of aromatic nitrogens is 3. The molecule has 3 rings (SSSR count). The van der Waals surface area contributed by atoms with Gasteiger partial charge in [-0.15, -0.1) is 10.2 Å². The Bertz CT molecular complexity index is 400. The Morgan fingerprint density at radius 1 is 1.16 bits per heavy atom. The largest absolute Gasteiger partial charge is 0.330 e.